The van der Waals surface area contributed by atoms with E-state index in [1.165, 1.54) is 0 Å². The zero-order chi connectivity index (χ0) is 8.57. The van der Waals surface area contributed by atoms with Crippen LogP contribution in [0.5, 0.6) is 0 Å². The van der Waals surface area contributed by atoms with Crippen LogP contribution in [-0.4, -0.2) is 29.5 Å². The minimum Gasteiger partial charge on any atom is -0.368 e. The topological polar surface area (TPSA) is 94.8 Å². The summed E-state index contributed by atoms with van der Waals surface area (Å²) in [6.45, 7) is 1.90. The first kappa shape index (κ1) is 12.5. The van der Waals surface area contributed by atoms with Crippen LogP contribution in [0.4, 0.5) is 0 Å². The van der Waals surface area contributed by atoms with E-state index in [0.717, 1.165) is 6.42 Å². The third kappa shape index (κ3) is 45.6. The molecule has 0 saturated heterocycles. The first-order chi connectivity index (χ1) is 4.50. The maximum atomic E-state index is 8.59. The molecule has 0 aromatic heterocycles. The molecule has 0 aliphatic heterocycles. The largest absolute Gasteiger partial charge is 0.368 e. The second-order valence-corrected chi connectivity index (χ2v) is 1.98. The predicted molar refractivity (Wildman–Crippen MR) is 36.1 cm³/mol. The van der Waals surface area contributed by atoms with E-state index in [1.807, 2.05) is 6.92 Å². The van der Waals surface area contributed by atoms with Gasteiger partial charge in [0.1, 0.15) is 0 Å². The number of hydrogen-bond donors (Lipinski definition) is 4. The number of thiol groups is 1. The lowest BCUT2D eigenvalue weighted by Gasteiger charge is -1.94. The lowest BCUT2D eigenvalue weighted by Crippen LogP contribution is -2.01. The molecule has 6 heteroatoms. The Morgan fingerprint density at radius 3 is 1.70 bits per heavy atom. The van der Waals surface area contributed by atoms with Gasteiger partial charge in [0.25, 0.3) is 11.0 Å². The molecule has 0 aromatic carbocycles. The molecule has 0 atom stereocenters. The summed E-state index contributed by atoms with van der Waals surface area (Å²) in [5, 5.41) is 16.2. The summed E-state index contributed by atoms with van der Waals surface area (Å²) in [5.41, 5.74) is 0. The molecular weight excluding hydrogens is 160 g/mol. The zero-order valence-corrected chi connectivity index (χ0v) is 6.49. The van der Waals surface area contributed by atoms with Crippen molar-refractivity contribution in [3.63, 3.8) is 0 Å². The predicted octanol–water partition coefficient (Wildman–Crippen LogP) is -0.832. The molecule has 0 rings (SSSR count). The van der Waals surface area contributed by atoms with Crippen molar-refractivity contribution in [1.29, 1.82) is 0 Å². The average Bonchev–Trinajstić information content (AvgIpc) is 1.62. The Labute approximate surface area is 61.1 Å². The average molecular weight is 172 g/mol. The number of rotatable bonds is 2. The maximum Gasteiger partial charge on any atom is 0.254 e. The van der Waals surface area contributed by atoms with E-state index in [0.29, 0.717) is 6.42 Å². The van der Waals surface area contributed by atoms with Crippen molar-refractivity contribution in [1.82, 2.24) is 0 Å². The summed E-state index contributed by atoms with van der Waals surface area (Å²) >= 11 is 0. The molecule has 0 aliphatic rings. The van der Waals surface area contributed by atoms with Crippen molar-refractivity contribution in [2.45, 2.75) is 26.1 Å². The van der Waals surface area contributed by atoms with E-state index < -0.39 is 17.3 Å². The van der Waals surface area contributed by atoms with Gasteiger partial charge in [0.15, 0.2) is 6.29 Å². The van der Waals surface area contributed by atoms with Gasteiger partial charge in [0.2, 0.25) is 0 Å². The van der Waals surface area contributed by atoms with Gasteiger partial charge in [0, 0.05) is 0 Å². The van der Waals surface area contributed by atoms with Gasteiger partial charge in [-0.25, -0.2) is 8.42 Å². The van der Waals surface area contributed by atoms with Gasteiger partial charge in [-0.15, -0.1) is 0 Å². The summed E-state index contributed by atoms with van der Waals surface area (Å²) in [6, 6.07) is 0. The highest BCUT2D eigenvalue weighted by molar-refractivity contribution is 7.66. The Morgan fingerprint density at radius 2 is 1.70 bits per heavy atom. The smallest absolute Gasteiger partial charge is 0.254 e. The summed E-state index contributed by atoms with van der Waals surface area (Å²) in [5.74, 6) is 0. The van der Waals surface area contributed by atoms with E-state index in [4.69, 9.17) is 23.2 Å². The van der Waals surface area contributed by atoms with Gasteiger partial charge in [-0.3, -0.25) is 4.55 Å². The Kier molecular flexibility index (Phi) is 11.0. The fourth-order valence-electron chi connectivity index (χ4n) is 0.258. The molecule has 0 radical (unpaired) electrons. The van der Waals surface area contributed by atoms with Crippen molar-refractivity contribution in [2.24, 2.45) is 0 Å². The SMILES string of the molecule is CCCC(O)O.O=[SH](=O)O. The standard InChI is InChI=1S/C4H10O2.H2O3S/c1-2-3-4(5)6;1-4(2)3/h4-6H,2-3H2,1H3;4H,(H,1,2,3). The van der Waals surface area contributed by atoms with Crippen LogP contribution in [0.25, 0.3) is 0 Å². The molecule has 0 aliphatic carbocycles. The van der Waals surface area contributed by atoms with Gasteiger partial charge in [-0.05, 0) is 6.42 Å². The Balaban J connectivity index is 0. The molecule has 64 valence electrons. The van der Waals surface area contributed by atoms with Crippen LogP contribution in [0.1, 0.15) is 19.8 Å². The highest BCUT2D eigenvalue weighted by atomic mass is 32.2. The maximum absolute atomic E-state index is 8.59. The van der Waals surface area contributed by atoms with E-state index >= 15 is 0 Å². The third-order valence-corrected chi connectivity index (χ3v) is 0.547. The molecule has 5 nitrogen and oxygen atoms in total. The van der Waals surface area contributed by atoms with Crippen LogP contribution in [0.3, 0.4) is 0 Å². The van der Waals surface area contributed by atoms with Crippen LogP contribution in [-0.2, 0) is 11.0 Å². The molecule has 0 aromatic rings. The minimum atomic E-state index is -3.12. The van der Waals surface area contributed by atoms with E-state index in [1.54, 1.807) is 0 Å². The molecule has 0 saturated carbocycles. The molecule has 0 amide bonds. The van der Waals surface area contributed by atoms with E-state index in [2.05, 4.69) is 0 Å². The van der Waals surface area contributed by atoms with Gasteiger partial charge in [-0.1, -0.05) is 13.3 Å². The fraction of sp³-hybridized carbons (Fsp3) is 1.00. The normalized spacial score (nSPS) is 9.40. The van der Waals surface area contributed by atoms with Crippen molar-refractivity contribution in [3.8, 4) is 0 Å². The molecule has 0 heterocycles. The molecule has 0 unspecified atom stereocenters. The van der Waals surface area contributed by atoms with Crippen LogP contribution in [0.15, 0.2) is 0 Å². The Morgan fingerprint density at radius 1 is 1.40 bits per heavy atom. The van der Waals surface area contributed by atoms with Crippen molar-refractivity contribution < 1.29 is 23.2 Å². The number of aliphatic hydroxyl groups is 2. The molecule has 0 bridgehead atoms. The fourth-order valence-corrected chi connectivity index (χ4v) is 0.258. The lowest BCUT2D eigenvalue weighted by molar-refractivity contribution is -0.0453. The van der Waals surface area contributed by atoms with Crippen molar-refractivity contribution in [2.75, 3.05) is 0 Å². The Hall–Kier alpha value is -0.170. The molecule has 3 N–H and O–H groups in total. The highest BCUT2D eigenvalue weighted by Crippen LogP contribution is 1.88. The van der Waals surface area contributed by atoms with Crippen molar-refractivity contribution >= 4 is 11.0 Å². The monoisotopic (exact) mass is 172 g/mol. The second-order valence-electron chi connectivity index (χ2n) is 1.51. The summed E-state index contributed by atoms with van der Waals surface area (Å²) in [7, 11) is -3.12. The molecular formula is C4H12O5S. The van der Waals surface area contributed by atoms with Crippen LogP contribution in [0.2, 0.25) is 0 Å². The number of hydrogen-bond acceptors (Lipinski definition) is 4. The van der Waals surface area contributed by atoms with E-state index in [9.17, 15) is 0 Å². The van der Waals surface area contributed by atoms with Gasteiger partial charge >= 0.3 is 0 Å². The molecule has 10 heavy (non-hydrogen) atoms. The molecule has 0 spiro atoms. The first-order valence-electron chi connectivity index (χ1n) is 2.70. The van der Waals surface area contributed by atoms with Crippen molar-refractivity contribution in [3.05, 3.63) is 0 Å². The van der Waals surface area contributed by atoms with Gasteiger partial charge < -0.3 is 10.2 Å². The Bertz CT molecular complexity index is 111. The summed E-state index contributed by atoms with van der Waals surface area (Å²) < 4.78 is 24.2. The van der Waals surface area contributed by atoms with Gasteiger partial charge in [-0.2, -0.15) is 0 Å². The first-order valence-corrected chi connectivity index (χ1v) is 3.83. The third-order valence-electron chi connectivity index (χ3n) is 0.547. The second kappa shape index (κ2) is 8.83. The lowest BCUT2D eigenvalue weighted by atomic mass is 10.3. The summed E-state index contributed by atoms with van der Waals surface area (Å²) in [4.78, 5) is 0. The number of aliphatic hydroxyl groups excluding tert-OH is 1. The van der Waals surface area contributed by atoms with Crippen LogP contribution < -0.4 is 0 Å². The quantitative estimate of drug-likeness (QED) is 0.248. The van der Waals surface area contributed by atoms with Crippen LogP contribution in [0, 0.1) is 0 Å². The van der Waals surface area contributed by atoms with E-state index in [-0.39, 0.29) is 0 Å². The summed E-state index contributed by atoms with van der Waals surface area (Å²) in [6.07, 6.45) is 0.215. The van der Waals surface area contributed by atoms with Gasteiger partial charge in [0.05, 0.1) is 0 Å². The molecule has 0 fully saturated rings. The highest BCUT2D eigenvalue weighted by Gasteiger charge is 1.89. The minimum absolute atomic E-state index is 0.486. The zero-order valence-electron chi connectivity index (χ0n) is 5.60. The van der Waals surface area contributed by atoms with Crippen LogP contribution >= 0.6 is 0 Å².